The van der Waals surface area contributed by atoms with E-state index in [2.05, 4.69) is 0 Å². The molecule has 0 aliphatic carbocycles. The van der Waals surface area contributed by atoms with Gasteiger partial charge in [-0.1, -0.05) is 11.6 Å². The molecule has 0 aliphatic rings. The highest BCUT2D eigenvalue weighted by Gasteiger charge is 2.12. The highest BCUT2D eigenvalue weighted by atomic mass is 35.5. The van der Waals surface area contributed by atoms with Gasteiger partial charge in [-0.3, -0.25) is 4.79 Å². The molecule has 0 fully saturated rings. The van der Waals surface area contributed by atoms with Crippen molar-refractivity contribution in [3.05, 3.63) is 28.3 Å². The standard InChI is InChI=1S/C10H10Cl2O2/c1-6-3-8(12)7(9(13)5-11)4-10(6)14-2/h3-4H,5H2,1-2H3. The minimum absolute atomic E-state index is 0.0774. The van der Waals surface area contributed by atoms with Gasteiger partial charge in [0.2, 0.25) is 0 Å². The first-order valence-corrected chi connectivity index (χ1v) is 4.94. The second kappa shape index (κ2) is 4.67. The van der Waals surface area contributed by atoms with Gasteiger partial charge in [0.1, 0.15) is 5.75 Å². The van der Waals surface area contributed by atoms with E-state index in [1.54, 1.807) is 19.2 Å². The van der Waals surface area contributed by atoms with Crippen LogP contribution in [0.3, 0.4) is 0 Å². The van der Waals surface area contributed by atoms with E-state index in [-0.39, 0.29) is 11.7 Å². The van der Waals surface area contributed by atoms with Gasteiger partial charge in [0.15, 0.2) is 5.78 Å². The molecule has 0 amide bonds. The molecule has 0 spiro atoms. The second-order valence-corrected chi connectivity index (χ2v) is 3.53. The Bertz CT molecular complexity index is 361. The molecule has 0 N–H and O–H groups in total. The lowest BCUT2D eigenvalue weighted by Crippen LogP contribution is -2.02. The molecule has 0 heterocycles. The first-order chi connectivity index (χ1) is 6.60. The van der Waals surface area contributed by atoms with Gasteiger partial charge < -0.3 is 4.74 Å². The van der Waals surface area contributed by atoms with Gasteiger partial charge in [0, 0.05) is 5.56 Å². The van der Waals surface area contributed by atoms with Crippen LogP contribution >= 0.6 is 23.2 Å². The molecule has 76 valence electrons. The fraction of sp³-hybridized carbons (Fsp3) is 0.300. The van der Waals surface area contributed by atoms with Gasteiger partial charge in [-0.25, -0.2) is 0 Å². The largest absolute Gasteiger partial charge is 0.496 e. The Morgan fingerprint density at radius 3 is 2.64 bits per heavy atom. The first-order valence-electron chi connectivity index (χ1n) is 4.03. The van der Waals surface area contributed by atoms with Crippen molar-refractivity contribution in [2.24, 2.45) is 0 Å². The van der Waals surface area contributed by atoms with Crippen LogP contribution in [0.2, 0.25) is 5.02 Å². The van der Waals surface area contributed by atoms with Gasteiger partial charge in [-0.2, -0.15) is 0 Å². The summed E-state index contributed by atoms with van der Waals surface area (Å²) in [6.45, 7) is 1.86. The summed E-state index contributed by atoms with van der Waals surface area (Å²) in [5.41, 5.74) is 1.30. The van der Waals surface area contributed by atoms with E-state index >= 15 is 0 Å². The number of alkyl halides is 1. The molecule has 1 rings (SSSR count). The van der Waals surface area contributed by atoms with Crippen molar-refractivity contribution in [2.75, 3.05) is 13.0 Å². The maximum atomic E-state index is 11.3. The smallest absolute Gasteiger partial charge is 0.179 e. The monoisotopic (exact) mass is 232 g/mol. The number of ketones is 1. The van der Waals surface area contributed by atoms with Crippen molar-refractivity contribution in [3.8, 4) is 5.75 Å². The third kappa shape index (κ3) is 2.20. The quantitative estimate of drug-likeness (QED) is 0.592. The fourth-order valence-electron chi connectivity index (χ4n) is 1.16. The lowest BCUT2D eigenvalue weighted by atomic mass is 10.1. The SMILES string of the molecule is COc1cc(C(=O)CCl)c(Cl)cc1C. The molecule has 1 aromatic carbocycles. The average Bonchev–Trinajstić information content (AvgIpc) is 2.17. The average molecular weight is 233 g/mol. The topological polar surface area (TPSA) is 26.3 Å². The van der Waals surface area contributed by atoms with Crippen LogP contribution in [0.15, 0.2) is 12.1 Å². The number of halogens is 2. The van der Waals surface area contributed by atoms with Crippen LogP contribution in [-0.2, 0) is 0 Å². The summed E-state index contributed by atoms with van der Waals surface area (Å²) >= 11 is 11.3. The van der Waals surface area contributed by atoms with Crippen LogP contribution in [0, 0.1) is 6.92 Å². The van der Waals surface area contributed by atoms with E-state index in [0.29, 0.717) is 16.3 Å². The summed E-state index contributed by atoms with van der Waals surface area (Å²) in [5, 5.41) is 0.411. The number of Topliss-reactive ketones (excluding diaryl/α,β-unsaturated/α-hetero) is 1. The van der Waals surface area contributed by atoms with E-state index in [1.165, 1.54) is 0 Å². The van der Waals surface area contributed by atoms with Crippen LogP contribution in [-0.4, -0.2) is 18.8 Å². The number of hydrogen-bond donors (Lipinski definition) is 0. The van der Waals surface area contributed by atoms with Crippen LogP contribution in [0.25, 0.3) is 0 Å². The van der Waals surface area contributed by atoms with E-state index in [0.717, 1.165) is 5.56 Å². The molecule has 0 bridgehead atoms. The zero-order valence-electron chi connectivity index (χ0n) is 7.93. The molecule has 1 aromatic rings. The second-order valence-electron chi connectivity index (χ2n) is 2.86. The molecule has 4 heteroatoms. The molecular weight excluding hydrogens is 223 g/mol. The molecule has 0 atom stereocenters. The maximum absolute atomic E-state index is 11.3. The van der Waals surface area contributed by atoms with Gasteiger partial charge in [0.05, 0.1) is 18.0 Å². The maximum Gasteiger partial charge on any atom is 0.179 e. The number of carbonyl (C=O) groups is 1. The number of hydrogen-bond acceptors (Lipinski definition) is 2. The van der Waals surface area contributed by atoms with Crippen LogP contribution in [0.4, 0.5) is 0 Å². The summed E-state index contributed by atoms with van der Waals surface area (Å²) in [7, 11) is 1.55. The lowest BCUT2D eigenvalue weighted by Gasteiger charge is -2.08. The van der Waals surface area contributed by atoms with Crippen LogP contribution in [0.5, 0.6) is 5.75 Å². The Hall–Kier alpha value is -0.730. The van der Waals surface area contributed by atoms with Gasteiger partial charge in [0.25, 0.3) is 0 Å². The zero-order chi connectivity index (χ0) is 10.7. The predicted octanol–water partition coefficient (Wildman–Crippen LogP) is 3.08. The zero-order valence-corrected chi connectivity index (χ0v) is 9.45. The van der Waals surface area contributed by atoms with E-state index in [4.69, 9.17) is 27.9 Å². The number of ether oxygens (including phenoxy) is 1. The Morgan fingerprint density at radius 2 is 2.14 bits per heavy atom. The molecule has 14 heavy (non-hydrogen) atoms. The Balaban J connectivity index is 3.24. The minimum atomic E-state index is -0.199. The summed E-state index contributed by atoms with van der Waals surface area (Å²) in [6.07, 6.45) is 0. The Morgan fingerprint density at radius 1 is 1.50 bits per heavy atom. The third-order valence-electron chi connectivity index (χ3n) is 1.91. The Labute approximate surface area is 92.8 Å². The predicted molar refractivity (Wildman–Crippen MR) is 57.8 cm³/mol. The highest BCUT2D eigenvalue weighted by Crippen LogP contribution is 2.26. The number of rotatable bonds is 3. The minimum Gasteiger partial charge on any atom is -0.496 e. The van der Waals surface area contributed by atoms with Crippen molar-refractivity contribution < 1.29 is 9.53 Å². The molecule has 0 unspecified atom stereocenters. The van der Waals surface area contributed by atoms with Crippen LogP contribution < -0.4 is 4.74 Å². The highest BCUT2D eigenvalue weighted by molar-refractivity contribution is 6.37. The normalized spacial score (nSPS) is 10.0. The van der Waals surface area contributed by atoms with Crippen molar-refractivity contribution in [3.63, 3.8) is 0 Å². The number of carbonyl (C=O) groups excluding carboxylic acids is 1. The van der Waals surface area contributed by atoms with Crippen molar-refractivity contribution in [1.29, 1.82) is 0 Å². The van der Waals surface area contributed by atoms with Gasteiger partial charge in [-0.05, 0) is 24.6 Å². The van der Waals surface area contributed by atoms with E-state index in [1.807, 2.05) is 6.92 Å². The molecule has 0 radical (unpaired) electrons. The Kier molecular flexibility index (Phi) is 3.78. The van der Waals surface area contributed by atoms with Gasteiger partial charge >= 0.3 is 0 Å². The molecular formula is C10H10Cl2O2. The van der Waals surface area contributed by atoms with E-state index in [9.17, 15) is 4.79 Å². The fourth-order valence-corrected chi connectivity index (χ4v) is 1.63. The molecule has 0 saturated carbocycles. The first kappa shape index (κ1) is 11.3. The molecule has 0 aromatic heterocycles. The van der Waals surface area contributed by atoms with Crippen molar-refractivity contribution >= 4 is 29.0 Å². The number of methoxy groups -OCH3 is 1. The number of benzene rings is 1. The van der Waals surface area contributed by atoms with E-state index < -0.39 is 0 Å². The summed E-state index contributed by atoms with van der Waals surface area (Å²) in [6, 6.07) is 3.31. The molecule has 0 aliphatic heterocycles. The third-order valence-corrected chi connectivity index (χ3v) is 2.46. The molecule has 2 nitrogen and oxygen atoms in total. The molecule has 0 saturated heterocycles. The van der Waals surface area contributed by atoms with Crippen molar-refractivity contribution in [1.82, 2.24) is 0 Å². The van der Waals surface area contributed by atoms with Crippen molar-refractivity contribution in [2.45, 2.75) is 6.92 Å². The summed E-state index contributed by atoms with van der Waals surface area (Å²) < 4.78 is 5.08. The van der Waals surface area contributed by atoms with Crippen LogP contribution in [0.1, 0.15) is 15.9 Å². The summed E-state index contributed by atoms with van der Waals surface area (Å²) in [5.74, 6) is 0.365. The summed E-state index contributed by atoms with van der Waals surface area (Å²) in [4.78, 5) is 11.3. The number of aryl methyl sites for hydroxylation is 1. The van der Waals surface area contributed by atoms with Gasteiger partial charge in [-0.15, -0.1) is 11.6 Å². The lowest BCUT2D eigenvalue weighted by molar-refractivity contribution is 0.102.